The van der Waals surface area contributed by atoms with Gasteiger partial charge in [-0.15, -0.1) is 0 Å². The van der Waals surface area contributed by atoms with E-state index in [-0.39, 0.29) is 5.92 Å². The van der Waals surface area contributed by atoms with Crippen molar-refractivity contribution in [2.75, 3.05) is 35.5 Å². The maximum atomic E-state index is 13.3. The van der Waals surface area contributed by atoms with Crippen molar-refractivity contribution >= 4 is 21.5 Å². The minimum atomic E-state index is -4.48. The lowest BCUT2D eigenvalue weighted by Crippen LogP contribution is -2.35. The summed E-state index contributed by atoms with van der Waals surface area (Å²) in [7, 11) is -3.33. The molecule has 1 aromatic carbocycles. The Labute approximate surface area is 193 Å². The fraction of sp³-hybridized carbons (Fsp3) is 0.522. The third-order valence-electron chi connectivity index (χ3n) is 5.88. The normalized spacial score (nSPS) is 16.6. The molecule has 1 aliphatic heterocycles. The number of nitrogens with one attached hydrogen (secondary N) is 2. The number of benzene rings is 1. The lowest BCUT2D eigenvalue weighted by Gasteiger charge is -2.33. The lowest BCUT2D eigenvalue weighted by atomic mass is 9.98. The van der Waals surface area contributed by atoms with E-state index in [2.05, 4.69) is 21.9 Å². The van der Waals surface area contributed by atoms with E-state index in [0.29, 0.717) is 43.6 Å². The molecule has 0 bridgehead atoms. The molecule has 2 N–H and O–H groups in total. The molecule has 2 aromatic rings. The Balaban J connectivity index is 1.66. The number of anilines is 2. The fourth-order valence-electron chi connectivity index (χ4n) is 3.90. The Morgan fingerprint density at radius 2 is 1.76 bits per heavy atom. The van der Waals surface area contributed by atoms with E-state index in [0.717, 1.165) is 36.3 Å². The van der Waals surface area contributed by atoms with Crippen LogP contribution in [-0.4, -0.2) is 39.3 Å². The van der Waals surface area contributed by atoms with Gasteiger partial charge in [-0.25, -0.2) is 13.4 Å². The van der Waals surface area contributed by atoms with E-state index in [1.54, 1.807) is 12.1 Å². The van der Waals surface area contributed by atoms with E-state index < -0.39 is 21.9 Å². The summed E-state index contributed by atoms with van der Waals surface area (Å²) in [6.45, 7) is 6.61. The van der Waals surface area contributed by atoms with Crippen molar-refractivity contribution < 1.29 is 21.6 Å². The first kappa shape index (κ1) is 25.3. The van der Waals surface area contributed by atoms with Crippen LogP contribution >= 0.6 is 0 Å². The van der Waals surface area contributed by atoms with Gasteiger partial charge in [0, 0.05) is 37.4 Å². The zero-order valence-corrected chi connectivity index (χ0v) is 19.9. The largest absolute Gasteiger partial charge is 0.433 e. The second kappa shape index (κ2) is 10.3. The van der Waals surface area contributed by atoms with Gasteiger partial charge in [0.15, 0.2) is 0 Å². The second-order valence-electron chi connectivity index (χ2n) is 8.87. The van der Waals surface area contributed by atoms with E-state index in [9.17, 15) is 21.6 Å². The van der Waals surface area contributed by atoms with Gasteiger partial charge in [0.2, 0.25) is 10.0 Å². The number of rotatable bonds is 8. The maximum absolute atomic E-state index is 13.3. The van der Waals surface area contributed by atoms with Crippen molar-refractivity contribution in [3.63, 3.8) is 0 Å². The molecule has 1 atom stereocenters. The van der Waals surface area contributed by atoms with Crippen molar-refractivity contribution in [1.82, 2.24) is 10.3 Å². The van der Waals surface area contributed by atoms with Crippen LogP contribution < -0.4 is 14.9 Å². The minimum absolute atomic E-state index is 0.124. The molecular formula is C23H31F3N4O2S. The molecular weight excluding hydrogens is 453 g/mol. The van der Waals surface area contributed by atoms with Gasteiger partial charge >= 0.3 is 6.18 Å². The average Bonchev–Trinajstić information content (AvgIpc) is 2.73. The van der Waals surface area contributed by atoms with Gasteiger partial charge in [0.1, 0.15) is 11.5 Å². The molecule has 0 radical (unpaired) electrons. The molecule has 1 saturated heterocycles. The van der Waals surface area contributed by atoms with Crippen molar-refractivity contribution in [2.45, 2.75) is 45.3 Å². The summed E-state index contributed by atoms with van der Waals surface area (Å²) in [5.74, 6) is 1.10. The summed E-state index contributed by atoms with van der Waals surface area (Å²) in [5, 5.41) is 3.34. The molecule has 0 amide bonds. The Hall–Kier alpha value is -2.33. The van der Waals surface area contributed by atoms with Gasteiger partial charge < -0.3 is 10.2 Å². The maximum Gasteiger partial charge on any atom is 0.433 e. The number of sulfonamides is 1. The third kappa shape index (κ3) is 7.33. The van der Waals surface area contributed by atoms with E-state index >= 15 is 0 Å². The number of halogens is 3. The molecule has 3 rings (SSSR count). The van der Waals surface area contributed by atoms with Crippen LogP contribution in [0.25, 0.3) is 0 Å². The summed E-state index contributed by atoms with van der Waals surface area (Å²) in [6.07, 6.45) is -1.50. The Morgan fingerprint density at radius 1 is 1.12 bits per heavy atom. The number of alkyl halides is 3. The summed E-state index contributed by atoms with van der Waals surface area (Å²) in [4.78, 5) is 5.95. The number of hydrogen-bond acceptors (Lipinski definition) is 5. The fourth-order valence-corrected chi connectivity index (χ4v) is 4.47. The van der Waals surface area contributed by atoms with Crippen LogP contribution in [0.1, 0.15) is 49.4 Å². The van der Waals surface area contributed by atoms with Gasteiger partial charge in [-0.3, -0.25) is 4.72 Å². The molecule has 2 heterocycles. The summed E-state index contributed by atoms with van der Waals surface area (Å²) < 4.78 is 64.9. The summed E-state index contributed by atoms with van der Waals surface area (Å²) in [5.41, 5.74) is 1.41. The smallest absolute Gasteiger partial charge is 0.356 e. The van der Waals surface area contributed by atoms with Crippen LogP contribution in [0.5, 0.6) is 0 Å². The van der Waals surface area contributed by atoms with Crippen molar-refractivity contribution in [2.24, 2.45) is 5.92 Å². The monoisotopic (exact) mass is 484 g/mol. The van der Waals surface area contributed by atoms with Crippen LogP contribution in [0.3, 0.4) is 0 Å². The molecule has 182 valence electrons. The first-order chi connectivity index (χ1) is 15.4. The van der Waals surface area contributed by atoms with E-state index in [4.69, 9.17) is 0 Å². The van der Waals surface area contributed by atoms with Gasteiger partial charge in [-0.1, -0.05) is 32.0 Å². The molecule has 1 unspecified atom stereocenters. The quantitative estimate of drug-likeness (QED) is 0.573. The Morgan fingerprint density at radius 3 is 2.33 bits per heavy atom. The van der Waals surface area contributed by atoms with E-state index in [1.165, 1.54) is 6.07 Å². The highest BCUT2D eigenvalue weighted by atomic mass is 32.2. The highest BCUT2D eigenvalue weighted by Gasteiger charge is 2.34. The summed E-state index contributed by atoms with van der Waals surface area (Å²) >= 11 is 0. The zero-order valence-electron chi connectivity index (χ0n) is 19.1. The number of pyridine rings is 1. The molecule has 0 aliphatic carbocycles. The molecule has 0 spiro atoms. The Kier molecular flexibility index (Phi) is 7.89. The lowest BCUT2D eigenvalue weighted by molar-refractivity contribution is -0.141. The van der Waals surface area contributed by atoms with Crippen molar-refractivity contribution in [3.05, 3.63) is 53.2 Å². The highest BCUT2D eigenvalue weighted by molar-refractivity contribution is 7.92. The van der Waals surface area contributed by atoms with Crippen molar-refractivity contribution in [3.8, 4) is 0 Å². The van der Waals surface area contributed by atoms with Crippen LogP contribution in [0.2, 0.25) is 0 Å². The Bertz CT molecular complexity index is 1030. The highest BCUT2D eigenvalue weighted by Crippen LogP contribution is 2.32. The number of piperidine rings is 1. The predicted molar refractivity (Wildman–Crippen MR) is 125 cm³/mol. The topological polar surface area (TPSA) is 74.3 Å². The van der Waals surface area contributed by atoms with E-state index in [1.807, 2.05) is 24.0 Å². The number of aromatic nitrogens is 1. The average molecular weight is 485 g/mol. The molecule has 10 heteroatoms. The van der Waals surface area contributed by atoms with Gasteiger partial charge in [-0.05, 0) is 48.4 Å². The molecule has 1 fully saturated rings. The number of hydrogen-bond donors (Lipinski definition) is 2. The van der Waals surface area contributed by atoms with Gasteiger partial charge in [0.25, 0.3) is 0 Å². The molecule has 1 aliphatic rings. The summed E-state index contributed by atoms with van der Waals surface area (Å²) in [6, 6.07) is 9.71. The predicted octanol–water partition coefficient (Wildman–Crippen LogP) is 4.60. The van der Waals surface area contributed by atoms with Crippen LogP contribution in [0.4, 0.5) is 24.7 Å². The van der Waals surface area contributed by atoms with Crippen LogP contribution in [0, 0.1) is 5.92 Å². The zero-order chi connectivity index (χ0) is 24.2. The van der Waals surface area contributed by atoms with Gasteiger partial charge in [0.05, 0.1) is 6.26 Å². The molecule has 6 nitrogen and oxygen atoms in total. The first-order valence-corrected chi connectivity index (χ1v) is 12.9. The van der Waals surface area contributed by atoms with Gasteiger partial charge in [-0.2, -0.15) is 13.2 Å². The van der Waals surface area contributed by atoms with Crippen molar-refractivity contribution in [1.29, 1.82) is 0 Å². The SMILES string of the molecule is CC1CCN(c2nc(C(F)(F)F)ccc2CNCC(C)c2ccc(NS(C)(=O)=O)cc2)CC1. The number of nitrogens with zero attached hydrogens (tertiary/aromatic N) is 2. The molecule has 1 aromatic heterocycles. The minimum Gasteiger partial charge on any atom is -0.356 e. The molecule has 0 saturated carbocycles. The first-order valence-electron chi connectivity index (χ1n) is 11.0. The third-order valence-corrected chi connectivity index (χ3v) is 6.48. The van der Waals surface area contributed by atoms with Crippen LogP contribution in [-0.2, 0) is 22.7 Å². The molecule has 33 heavy (non-hydrogen) atoms. The standard InChI is InChI=1S/C23H31F3N4O2S/c1-16-10-12-30(13-11-16)22-19(6-9-21(28-22)23(24,25)26)15-27-14-17(2)18-4-7-20(8-5-18)29-33(3,31)32/h4-9,16-17,27,29H,10-15H2,1-3H3. The van der Waals surface area contributed by atoms with Crippen LogP contribution in [0.15, 0.2) is 36.4 Å². The second-order valence-corrected chi connectivity index (χ2v) is 10.6.